The number of hydrogen-bond acceptors (Lipinski definition) is 4. The van der Waals surface area contributed by atoms with Crippen molar-refractivity contribution in [3.8, 4) is 5.75 Å². The van der Waals surface area contributed by atoms with Crippen LogP contribution in [0.4, 0.5) is 11.4 Å². The lowest BCUT2D eigenvalue weighted by Gasteiger charge is -2.38. The highest BCUT2D eigenvalue weighted by Gasteiger charge is 2.23. The maximum atomic E-state index is 6.30. The lowest BCUT2D eigenvalue weighted by molar-refractivity contribution is 0.258. The second kappa shape index (κ2) is 6.84. The molecule has 2 rings (SSSR count). The average Bonchev–Trinajstić information content (AvgIpc) is 2.46. The van der Waals surface area contributed by atoms with Crippen molar-refractivity contribution in [2.24, 2.45) is 0 Å². The van der Waals surface area contributed by atoms with Crippen LogP contribution in [0.1, 0.15) is 26.2 Å². The highest BCUT2D eigenvalue weighted by molar-refractivity contribution is 5.74. The van der Waals surface area contributed by atoms with Gasteiger partial charge in [-0.1, -0.05) is 13.0 Å². The second-order valence-electron chi connectivity index (χ2n) is 5.74. The fourth-order valence-electron chi connectivity index (χ4n) is 2.74. The smallest absolute Gasteiger partial charge is 0.144 e. The summed E-state index contributed by atoms with van der Waals surface area (Å²) < 4.78 is 5.73. The largest absolute Gasteiger partial charge is 0.491 e. The Morgan fingerprint density at radius 1 is 1.40 bits per heavy atom. The number of nitrogens with zero attached hydrogens (tertiary/aromatic N) is 2. The Hall–Kier alpha value is -1.42. The zero-order chi connectivity index (χ0) is 14.5. The summed E-state index contributed by atoms with van der Waals surface area (Å²) in [6, 6.07) is 6.70. The van der Waals surface area contributed by atoms with Gasteiger partial charge in [-0.2, -0.15) is 0 Å². The van der Waals surface area contributed by atoms with Gasteiger partial charge in [0.1, 0.15) is 5.75 Å². The van der Waals surface area contributed by atoms with E-state index in [1.807, 2.05) is 12.1 Å². The normalized spacial score (nSPS) is 19.4. The zero-order valence-corrected chi connectivity index (χ0v) is 12.9. The van der Waals surface area contributed by atoms with E-state index in [9.17, 15) is 0 Å². The topological polar surface area (TPSA) is 41.7 Å². The SMILES string of the molecule is CCCOc1cccc(N2CCCC(N(C)C)C2)c1N. The first-order chi connectivity index (χ1) is 9.63. The Morgan fingerprint density at radius 3 is 2.90 bits per heavy atom. The summed E-state index contributed by atoms with van der Waals surface area (Å²) in [5, 5.41) is 0. The summed E-state index contributed by atoms with van der Waals surface area (Å²) in [4.78, 5) is 4.70. The van der Waals surface area contributed by atoms with Gasteiger partial charge < -0.3 is 20.3 Å². The number of nitrogens with two attached hydrogens (primary N) is 1. The summed E-state index contributed by atoms with van der Waals surface area (Å²) in [5.41, 5.74) is 8.19. The van der Waals surface area contributed by atoms with E-state index >= 15 is 0 Å². The van der Waals surface area contributed by atoms with Crippen molar-refractivity contribution in [1.29, 1.82) is 0 Å². The van der Waals surface area contributed by atoms with E-state index in [4.69, 9.17) is 10.5 Å². The Morgan fingerprint density at radius 2 is 2.20 bits per heavy atom. The molecule has 1 atom stereocenters. The molecular formula is C16H27N3O. The molecule has 1 aliphatic rings. The molecule has 0 aromatic heterocycles. The van der Waals surface area contributed by atoms with Crippen LogP contribution in [-0.2, 0) is 0 Å². The predicted molar refractivity (Wildman–Crippen MR) is 85.6 cm³/mol. The van der Waals surface area contributed by atoms with Gasteiger partial charge in [0.05, 0.1) is 18.0 Å². The summed E-state index contributed by atoms with van der Waals surface area (Å²) >= 11 is 0. The Balaban J connectivity index is 2.15. The van der Waals surface area contributed by atoms with E-state index in [1.54, 1.807) is 0 Å². The van der Waals surface area contributed by atoms with Gasteiger partial charge in [-0.15, -0.1) is 0 Å². The van der Waals surface area contributed by atoms with Crippen molar-refractivity contribution in [1.82, 2.24) is 4.90 Å². The third kappa shape index (κ3) is 3.37. The molecule has 1 unspecified atom stereocenters. The van der Waals surface area contributed by atoms with Gasteiger partial charge in [0, 0.05) is 19.1 Å². The fourth-order valence-corrected chi connectivity index (χ4v) is 2.74. The molecule has 2 N–H and O–H groups in total. The summed E-state index contributed by atoms with van der Waals surface area (Å²) in [6.45, 7) is 4.93. The molecule has 4 nitrogen and oxygen atoms in total. The maximum absolute atomic E-state index is 6.30. The van der Waals surface area contributed by atoms with Crippen LogP contribution in [-0.4, -0.2) is 44.7 Å². The van der Waals surface area contributed by atoms with Crippen LogP contribution in [0.15, 0.2) is 18.2 Å². The van der Waals surface area contributed by atoms with Crippen molar-refractivity contribution in [3.05, 3.63) is 18.2 Å². The van der Waals surface area contributed by atoms with Crippen molar-refractivity contribution >= 4 is 11.4 Å². The molecule has 1 aliphatic heterocycles. The van der Waals surface area contributed by atoms with Gasteiger partial charge in [-0.05, 0) is 45.5 Å². The van der Waals surface area contributed by atoms with Crippen LogP contribution in [0.2, 0.25) is 0 Å². The molecular weight excluding hydrogens is 250 g/mol. The van der Waals surface area contributed by atoms with Crippen molar-refractivity contribution in [2.75, 3.05) is 44.4 Å². The number of nitrogen functional groups attached to an aromatic ring is 1. The lowest BCUT2D eigenvalue weighted by Crippen LogP contribution is -2.45. The summed E-state index contributed by atoms with van der Waals surface area (Å²) in [6.07, 6.45) is 3.47. The van der Waals surface area contributed by atoms with Crippen LogP contribution < -0.4 is 15.4 Å². The van der Waals surface area contributed by atoms with Gasteiger partial charge in [0.15, 0.2) is 0 Å². The quantitative estimate of drug-likeness (QED) is 0.840. The van der Waals surface area contributed by atoms with Gasteiger partial charge >= 0.3 is 0 Å². The van der Waals surface area contributed by atoms with Gasteiger partial charge in [-0.25, -0.2) is 0 Å². The second-order valence-corrected chi connectivity index (χ2v) is 5.74. The number of para-hydroxylation sites is 1. The first-order valence-corrected chi connectivity index (χ1v) is 7.56. The monoisotopic (exact) mass is 277 g/mol. The molecule has 20 heavy (non-hydrogen) atoms. The molecule has 1 aromatic carbocycles. The predicted octanol–water partition coefficient (Wildman–Crippen LogP) is 2.59. The number of rotatable bonds is 5. The van der Waals surface area contributed by atoms with E-state index in [2.05, 4.69) is 36.9 Å². The van der Waals surface area contributed by atoms with E-state index in [-0.39, 0.29) is 0 Å². The van der Waals surface area contributed by atoms with Gasteiger partial charge in [-0.3, -0.25) is 0 Å². The number of benzene rings is 1. The van der Waals surface area contributed by atoms with E-state index in [0.717, 1.165) is 36.6 Å². The Bertz CT molecular complexity index is 434. The average molecular weight is 277 g/mol. The molecule has 1 fully saturated rings. The Kier molecular flexibility index (Phi) is 5.12. The molecule has 1 heterocycles. The minimum atomic E-state index is 0.600. The maximum Gasteiger partial charge on any atom is 0.144 e. The zero-order valence-electron chi connectivity index (χ0n) is 12.9. The molecule has 1 saturated heterocycles. The molecule has 0 saturated carbocycles. The van der Waals surface area contributed by atoms with Crippen molar-refractivity contribution in [2.45, 2.75) is 32.2 Å². The number of anilines is 2. The molecule has 0 radical (unpaired) electrons. The third-order valence-electron chi connectivity index (χ3n) is 3.97. The fraction of sp³-hybridized carbons (Fsp3) is 0.625. The van der Waals surface area contributed by atoms with Crippen LogP contribution in [0, 0.1) is 0 Å². The van der Waals surface area contributed by atoms with Gasteiger partial charge in [0.2, 0.25) is 0 Å². The third-order valence-corrected chi connectivity index (χ3v) is 3.97. The summed E-state index contributed by atoms with van der Waals surface area (Å²) in [7, 11) is 4.30. The van der Waals surface area contributed by atoms with Crippen molar-refractivity contribution < 1.29 is 4.74 Å². The van der Waals surface area contributed by atoms with Crippen molar-refractivity contribution in [3.63, 3.8) is 0 Å². The molecule has 0 aliphatic carbocycles. The molecule has 4 heteroatoms. The Labute approximate surface area is 122 Å². The van der Waals surface area contributed by atoms with E-state index in [0.29, 0.717) is 12.6 Å². The molecule has 1 aromatic rings. The molecule has 0 spiro atoms. The number of ether oxygens (including phenoxy) is 1. The van der Waals surface area contributed by atoms with Crippen LogP contribution in [0.25, 0.3) is 0 Å². The van der Waals surface area contributed by atoms with Gasteiger partial charge in [0.25, 0.3) is 0 Å². The van der Waals surface area contributed by atoms with E-state index in [1.165, 1.54) is 12.8 Å². The highest BCUT2D eigenvalue weighted by Crippen LogP contribution is 2.34. The minimum absolute atomic E-state index is 0.600. The number of hydrogen-bond donors (Lipinski definition) is 1. The number of likely N-dealkylation sites (N-methyl/N-ethyl adjacent to an activating group) is 1. The first kappa shape index (κ1) is 15.0. The standard InChI is InChI=1S/C16H27N3O/c1-4-11-20-15-9-5-8-14(16(15)17)19-10-6-7-13(12-19)18(2)3/h5,8-9,13H,4,6-7,10-12,17H2,1-3H3. The van der Waals surface area contributed by atoms with Crippen LogP contribution >= 0.6 is 0 Å². The lowest BCUT2D eigenvalue weighted by atomic mass is 10.0. The number of piperidine rings is 1. The van der Waals surface area contributed by atoms with Crippen LogP contribution in [0.3, 0.4) is 0 Å². The highest BCUT2D eigenvalue weighted by atomic mass is 16.5. The summed E-state index contributed by atoms with van der Waals surface area (Å²) in [5.74, 6) is 0.816. The first-order valence-electron chi connectivity index (χ1n) is 7.56. The molecule has 0 amide bonds. The van der Waals surface area contributed by atoms with E-state index < -0.39 is 0 Å². The minimum Gasteiger partial charge on any atom is -0.491 e. The van der Waals surface area contributed by atoms with Crippen LogP contribution in [0.5, 0.6) is 5.75 Å². The molecule has 112 valence electrons. The molecule has 0 bridgehead atoms.